The van der Waals surface area contributed by atoms with Crippen LogP contribution in [0, 0.1) is 5.92 Å². The van der Waals surface area contributed by atoms with Crippen molar-refractivity contribution >= 4 is 5.91 Å². The van der Waals surface area contributed by atoms with E-state index in [1.54, 1.807) is 0 Å². The first-order valence-electron chi connectivity index (χ1n) is 6.52. The molecule has 0 radical (unpaired) electrons. The first-order valence-corrected chi connectivity index (χ1v) is 6.52. The van der Waals surface area contributed by atoms with Crippen LogP contribution in [0.25, 0.3) is 0 Å². The Balaban J connectivity index is 1.71. The number of amides is 1. The molecule has 0 bridgehead atoms. The molecule has 1 atom stereocenters. The van der Waals surface area contributed by atoms with Crippen molar-refractivity contribution in [3.63, 3.8) is 0 Å². The predicted octanol–water partition coefficient (Wildman–Crippen LogP) is -0.613. The molecule has 2 heterocycles. The van der Waals surface area contributed by atoms with E-state index in [0.29, 0.717) is 25.7 Å². The second kappa shape index (κ2) is 6.33. The highest BCUT2D eigenvalue weighted by atomic mass is 16.5. The van der Waals surface area contributed by atoms with Gasteiger partial charge in [0.1, 0.15) is 0 Å². The quantitative estimate of drug-likeness (QED) is 0.713. The third-order valence-corrected chi connectivity index (χ3v) is 3.59. The van der Waals surface area contributed by atoms with Crippen LogP contribution in [0.2, 0.25) is 0 Å². The van der Waals surface area contributed by atoms with Gasteiger partial charge in [-0.15, -0.1) is 0 Å². The summed E-state index contributed by atoms with van der Waals surface area (Å²) in [4.78, 5) is 16.2. The lowest BCUT2D eigenvalue weighted by atomic mass is 10.1. The van der Waals surface area contributed by atoms with Crippen LogP contribution < -0.4 is 5.32 Å². The molecule has 1 N–H and O–H groups in total. The number of carbonyl (C=O) groups is 1. The number of morpholine rings is 1. The molecule has 0 spiro atoms. The summed E-state index contributed by atoms with van der Waals surface area (Å²) >= 11 is 0. The molecule has 2 aliphatic heterocycles. The standard InChI is InChI=1S/C12H23N3O2/c1-13-8-11-2-3-14(9-11)10-12(16)15-4-6-17-7-5-15/h11,13H,2-10H2,1H3. The van der Waals surface area contributed by atoms with Crippen molar-refractivity contribution in [2.24, 2.45) is 5.92 Å². The summed E-state index contributed by atoms with van der Waals surface area (Å²) in [7, 11) is 1.99. The highest BCUT2D eigenvalue weighted by molar-refractivity contribution is 5.78. The van der Waals surface area contributed by atoms with Crippen LogP contribution >= 0.6 is 0 Å². The van der Waals surface area contributed by atoms with Crippen LogP contribution in [-0.4, -0.2) is 75.2 Å². The number of likely N-dealkylation sites (tertiary alicyclic amines) is 1. The Morgan fingerprint density at radius 2 is 2.12 bits per heavy atom. The molecule has 5 nitrogen and oxygen atoms in total. The molecule has 2 rings (SSSR count). The van der Waals surface area contributed by atoms with E-state index >= 15 is 0 Å². The third-order valence-electron chi connectivity index (χ3n) is 3.59. The maximum atomic E-state index is 12.0. The molecule has 0 aliphatic carbocycles. The minimum Gasteiger partial charge on any atom is -0.378 e. The van der Waals surface area contributed by atoms with Crippen LogP contribution in [0.5, 0.6) is 0 Å². The third kappa shape index (κ3) is 3.66. The van der Waals surface area contributed by atoms with Gasteiger partial charge in [0.25, 0.3) is 0 Å². The Morgan fingerprint density at radius 1 is 1.35 bits per heavy atom. The van der Waals surface area contributed by atoms with Gasteiger partial charge in [-0.05, 0) is 32.5 Å². The van der Waals surface area contributed by atoms with E-state index in [1.807, 2.05) is 11.9 Å². The fraction of sp³-hybridized carbons (Fsp3) is 0.917. The first-order chi connectivity index (χ1) is 8.29. The van der Waals surface area contributed by atoms with Crippen molar-refractivity contribution in [3.8, 4) is 0 Å². The van der Waals surface area contributed by atoms with Crippen molar-refractivity contribution in [1.82, 2.24) is 15.1 Å². The fourth-order valence-electron chi connectivity index (χ4n) is 2.62. The smallest absolute Gasteiger partial charge is 0.236 e. The van der Waals surface area contributed by atoms with E-state index in [1.165, 1.54) is 6.42 Å². The van der Waals surface area contributed by atoms with Crippen LogP contribution in [0.15, 0.2) is 0 Å². The van der Waals surface area contributed by atoms with Gasteiger partial charge in [-0.25, -0.2) is 0 Å². The molecule has 98 valence electrons. The van der Waals surface area contributed by atoms with E-state index in [0.717, 1.165) is 32.7 Å². The number of hydrogen-bond donors (Lipinski definition) is 1. The Bertz CT molecular complexity index is 254. The summed E-state index contributed by atoms with van der Waals surface area (Å²) in [6.07, 6.45) is 1.21. The molecule has 0 saturated carbocycles. The van der Waals surface area contributed by atoms with Gasteiger partial charge in [0, 0.05) is 19.6 Å². The summed E-state index contributed by atoms with van der Waals surface area (Å²) < 4.78 is 5.25. The average Bonchev–Trinajstić information content (AvgIpc) is 2.78. The largest absolute Gasteiger partial charge is 0.378 e. The highest BCUT2D eigenvalue weighted by Gasteiger charge is 2.25. The molecule has 2 saturated heterocycles. The summed E-state index contributed by atoms with van der Waals surface area (Å²) in [5, 5.41) is 3.21. The molecule has 0 aromatic rings. The van der Waals surface area contributed by atoms with Gasteiger partial charge in [0.05, 0.1) is 19.8 Å². The number of rotatable bonds is 4. The molecule has 0 aromatic heterocycles. The lowest BCUT2D eigenvalue weighted by molar-refractivity contribution is -0.136. The Kier molecular flexibility index (Phi) is 4.76. The van der Waals surface area contributed by atoms with Crippen molar-refractivity contribution in [2.75, 3.05) is 59.5 Å². The predicted molar refractivity (Wildman–Crippen MR) is 65.9 cm³/mol. The topological polar surface area (TPSA) is 44.8 Å². The Labute approximate surface area is 103 Å². The van der Waals surface area contributed by atoms with E-state index in [-0.39, 0.29) is 5.91 Å². The second-order valence-electron chi connectivity index (χ2n) is 4.94. The summed E-state index contributed by atoms with van der Waals surface area (Å²) in [5.74, 6) is 0.968. The van der Waals surface area contributed by atoms with Gasteiger partial charge in [-0.2, -0.15) is 0 Å². The zero-order valence-electron chi connectivity index (χ0n) is 10.7. The average molecular weight is 241 g/mol. The normalized spacial score (nSPS) is 26.4. The summed E-state index contributed by atoms with van der Waals surface area (Å²) in [6.45, 7) is 6.64. The molecule has 5 heteroatoms. The number of hydrogen-bond acceptors (Lipinski definition) is 4. The molecule has 2 fully saturated rings. The van der Waals surface area contributed by atoms with Gasteiger partial charge >= 0.3 is 0 Å². The molecule has 0 aromatic carbocycles. The van der Waals surface area contributed by atoms with Crippen LogP contribution in [0.3, 0.4) is 0 Å². The number of nitrogens with one attached hydrogen (secondary N) is 1. The lowest BCUT2D eigenvalue weighted by Crippen LogP contribution is -2.45. The maximum absolute atomic E-state index is 12.0. The number of carbonyl (C=O) groups excluding carboxylic acids is 1. The molecule has 2 aliphatic rings. The highest BCUT2D eigenvalue weighted by Crippen LogP contribution is 2.15. The van der Waals surface area contributed by atoms with Crippen molar-refractivity contribution < 1.29 is 9.53 Å². The minimum atomic E-state index is 0.262. The lowest BCUT2D eigenvalue weighted by Gasteiger charge is -2.28. The molecule has 17 heavy (non-hydrogen) atoms. The van der Waals surface area contributed by atoms with Crippen molar-refractivity contribution in [1.29, 1.82) is 0 Å². The fourth-order valence-corrected chi connectivity index (χ4v) is 2.62. The van der Waals surface area contributed by atoms with Crippen LogP contribution in [-0.2, 0) is 9.53 Å². The number of nitrogens with zero attached hydrogens (tertiary/aromatic N) is 2. The van der Waals surface area contributed by atoms with Crippen LogP contribution in [0.1, 0.15) is 6.42 Å². The van der Waals surface area contributed by atoms with Crippen molar-refractivity contribution in [2.45, 2.75) is 6.42 Å². The van der Waals surface area contributed by atoms with Crippen LogP contribution in [0.4, 0.5) is 0 Å². The first kappa shape index (κ1) is 12.8. The Hall–Kier alpha value is -0.650. The summed E-state index contributed by atoms with van der Waals surface area (Å²) in [6, 6.07) is 0. The number of ether oxygens (including phenoxy) is 1. The zero-order valence-corrected chi connectivity index (χ0v) is 10.7. The zero-order chi connectivity index (χ0) is 12.1. The minimum absolute atomic E-state index is 0.262. The molecule has 1 unspecified atom stereocenters. The van der Waals surface area contributed by atoms with Crippen molar-refractivity contribution in [3.05, 3.63) is 0 Å². The van der Waals surface area contributed by atoms with E-state index in [4.69, 9.17) is 4.74 Å². The van der Waals surface area contributed by atoms with Gasteiger partial charge in [-0.3, -0.25) is 9.69 Å². The van der Waals surface area contributed by atoms with Gasteiger partial charge in [0.15, 0.2) is 0 Å². The molecular weight excluding hydrogens is 218 g/mol. The van der Waals surface area contributed by atoms with Gasteiger partial charge < -0.3 is 15.0 Å². The maximum Gasteiger partial charge on any atom is 0.236 e. The SMILES string of the molecule is CNCC1CCN(CC(=O)N2CCOCC2)C1. The molecular formula is C12H23N3O2. The Morgan fingerprint density at radius 3 is 2.82 bits per heavy atom. The van der Waals surface area contributed by atoms with E-state index in [2.05, 4.69) is 10.2 Å². The van der Waals surface area contributed by atoms with Gasteiger partial charge in [-0.1, -0.05) is 0 Å². The second-order valence-corrected chi connectivity index (χ2v) is 4.94. The van der Waals surface area contributed by atoms with Gasteiger partial charge in [0.2, 0.25) is 5.91 Å². The summed E-state index contributed by atoms with van der Waals surface area (Å²) in [5.41, 5.74) is 0. The molecule has 1 amide bonds. The van der Waals surface area contributed by atoms with E-state index in [9.17, 15) is 4.79 Å². The van der Waals surface area contributed by atoms with E-state index < -0.39 is 0 Å². The monoisotopic (exact) mass is 241 g/mol.